The topological polar surface area (TPSA) is 12.0 Å². The molecule has 0 aromatic heterocycles. The summed E-state index contributed by atoms with van der Waals surface area (Å²) in [7, 11) is 1.78. The smallest absolute Gasteiger partial charge is 0.0584 e. The Morgan fingerprint density at radius 2 is 2.60 bits per heavy atom. The third-order valence-corrected chi connectivity index (χ3v) is 0.265. The first kappa shape index (κ1) is 4.52. The highest BCUT2D eigenvalue weighted by atomic mass is 14.8. The van der Waals surface area contributed by atoms with E-state index in [1.165, 1.54) is 0 Å². The molecule has 0 aliphatic rings. The SMILES string of the molecule is [C]#CCNC. The third-order valence-electron chi connectivity index (χ3n) is 0.265. The standard InChI is InChI=1S/C4H6N/c1-3-4-5-2/h5H,4H2,2H3. The highest BCUT2D eigenvalue weighted by Gasteiger charge is 1.57. The van der Waals surface area contributed by atoms with E-state index in [-0.39, 0.29) is 0 Å². The zero-order valence-corrected chi connectivity index (χ0v) is 3.21. The first-order chi connectivity index (χ1) is 2.41. The molecule has 0 aromatic carbocycles. The van der Waals surface area contributed by atoms with Crippen LogP contribution in [0.4, 0.5) is 0 Å². The minimum absolute atomic E-state index is 0.556. The van der Waals surface area contributed by atoms with Gasteiger partial charge in [-0.15, -0.1) is 0 Å². The Kier molecular flexibility index (Phi) is 3.18. The Bertz CT molecular complexity index is 42.1. The molecule has 1 radical (unpaired) electrons. The summed E-state index contributed by atoms with van der Waals surface area (Å²) in [6.45, 7) is 0.556. The molecule has 0 amide bonds. The summed E-state index contributed by atoms with van der Waals surface area (Å²) in [4.78, 5) is 0. The number of hydrogen-bond donors (Lipinski definition) is 1. The second-order valence-corrected chi connectivity index (χ2v) is 0.707. The van der Waals surface area contributed by atoms with Crippen LogP contribution in [-0.4, -0.2) is 13.6 Å². The molecule has 0 aliphatic carbocycles. The van der Waals surface area contributed by atoms with Crippen molar-refractivity contribution in [1.29, 1.82) is 0 Å². The predicted molar refractivity (Wildman–Crippen MR) is 21.1 cm³/mol. The average molecular weight is 68.1 g/mol. The Morgan fingerprint density at radius 1 is 2.00 bits per heavy atom. The van der Waals surface area contributed by atoms with Crippen LogP contribution in [-0.2, 0) is 0 Å². The van der Waals surface area contributed by atoms with Gasteiger partial charge in [0.05, 0.1) is 6.54 Å². The summed E-state index contributed by atoms with van der Waals surface area (Å²) in [6, 6.07) is 0. The molecule has 0 heterocycles. The Hall–Kier alpha value is -0.480. The number of hydrogen-bond acceptors (Lipinski definition) is 1. The zero-order valence-electron chi connectivity index (χ0n) is 3.21. The lowest BCUT2D eigenvalue weighted by molar-refractivity contribution is 0.938. The Morgan fingerprint density at radius 3 is 2.60 bits per heavy atom. The van der Waals surface area contributed by atoms with E-state index >= 15 is 0 Å². The van der Waals surface area contributed by atoms with Crippen LogP contribution in [0.25, 0.3) is 0 Å². The van der Waals surface area contributed by atoms with Crippen molar-refractivity contribution in [3.8, 4) is 5.92 Å². The van der Waals surface area contributed by atoms with Crippen LogP contribution in [0.1, 0.15) is 0 Å². The predicted octanol–water partition coefficient (Wildman–Crippen LogP) is -0.204. The third kappa shape index (κ3) is 3.52. The van der Waals surface area contributed by atoms with Gasteiger partial charge in [-0.25, -0.2) is 0 Å². The minimum atomic E-state index is 0.556. The Balaban J connectivity index is 2.48. The maximum Gasteiger partial charge on any atom is 0.0584 e. The molecule has 0 aromatic rings. The van der Waals surface area contributed by atoms with E-state index in [4.69, 9.17) is 6.42 Å². The highest BCUT2D eigenvalue weighted by Crippen LogP contribution is 1.38. The number of nitrogens with one attached hydrogen (secondary N) is 1. The van der Waals surface area contributed by atoms with Crippen molar-refractivity contribution in [3.05, 3.63) is 6.42 Å². The van der Waals surface area contributed by atoms with Gasteiger partial charge in [-0.05, 0) is 13.5 Å². The van der Waals surface area contributed by atoms with Crippen molar-refractivity contribution < 1.29 is 0 Å². The highest BCUT2D eigenvalue weighted by molar-refractivity contribution is 4.76. The van der Waals surface area contributed by atoms with Gasteiger partial charge in [0.2, 0.25) is 0 Å². The van der Waals surface area contributed by atoms with Gasteiger partial charge in [-0.3, -0.25) is 0 Å². The molecule has 0 fully saturated rings. The fourth-order valence-corrected chi connectivity index (χ4v) is 0.0884. The molecule has 5 heavy (non-hydrogen) atoms. The molecule has 0 aliphatic heterocycles. The van der Waals surface area contributed by atoms with Gasteiger partial charge in [0.1, 0.15) is 0 Å². The Labute approximate surface area is 32.4 Å². The fraction of sp³-hybridized carbons (Fsp3) is 0.500. The van der Waals surface area contributed by atoms with Crippen LogP contribution in [0.5, 0.6) is 0 Å². The molecule has 1 N–H and O–H groups in total. The van der Waals surface area contributed by atoms with Gasteiger partial charge in [0, 0.05) is 0 Å². The van der Waals surface area contributed by atoms with Crippen LogP contribution in [0.2, 0.25) is 0 Å². The zero-order chi connectivity index (χ0) is 4.12. The van der Waals surface area contributed by atoms with Crippen molar-refractivity contribution in [2.24, 2.45) is 0 Å². The van der Waals surface area contributed by atoms with Gasteiger partial charge < -0.3 is 5.32 Å². The van der Waals surface area contributed by atoms with Crippen molar-refractivity contribution in [3.63, 3.8) is 0 Å². The molecule has 0 saturated heterocycles. The lowest BCUT2D eigenvalue weighted by Gasteiger charge is -1.76. The van der Waals surface area contributed by atoms with E-state index in [2.05, 4.69) is 11.2 Å². The van der Waals surface area contributed by atoms with Crippen LogP contribution in [0.3, 0.4) is 0 Å². The van der Waals surface area contributed by atoms with E-state index < -0.39 is 0 Å². The van der Waals surface area contributed by atoms with E-state index in [1.54, 1.807) is 7.05 Å². The molecule has 27 valence electrons. The van der Waals surface area contributed by atoms with Crippen LogP contribution < -0.4 is 5.32 Å². The van der Waals surface area contributed by atoms with Crippen molar-refractivity contribution in [2.45, 2.75) is 0 Å². The largest absolute Gasteiger partial charge is 0.309 e. The molecule has 0 saturated carbocycles. The lowest BCUT2D eigenvalue weighted by atomic mass is 10.7. The first-order valence-electron chi connectivity index (χ1n) is 1.46. The summed E-state index contributed by atoms with van der Waals surface area (Å²) in [5.74, 6) is 2.16. The summed E-state index contributed by atoms with van der Waals surface area (Å²) >= 11 is 0. The maximum atomic E-state index is 6.29. The maximum absolute atomic E-state index is 6.29. The first-order valence-corrected chi connectivity index (χ1v) is 1.46. The quantitative estimate of drug-likeness (QED) is 0.419. The van der Waals surface area contributed by atoms with Gasteiger partial charge in [0.25, 0.3) is 0 Å². The van der Waals surface area contributed by atoms with E-state index in [0.717, 1.165) is 0 Å². The fourth-order valence-electron chi connectivity index (χ4n) is 0.0884. The summed E-state index contributed by atoms with van der Waals surface area (Å²) in [5, 5.41) is 2.72. The van der Waals surface area contributed by atoms with Crippen molar-refractivity contribution in [1.82, 2.24) is 5.32 Å². The van der Waals surface area contributed by atoms with Gasteiger partial charge in [-0.1, -0.05) is 5.92 Å². The molecule has 0 spiro atoms. The van der Waals surface area contributed by atoms with E-state index in [0.29, 0.717) is 6.54 Å². The molecule has 0 unspecified atom stereocenters. The van der Waals surface area contributed by atoms with Crippen molar-refractivity contribution in [2.75, 3.05) is 13.6 Å². The monoisotopic (exact) mass is 68.1 g/mol. The second-order valence-electron chi connectivity index (χ2n) is 0.707. The summed E-state index contributed by atoms with van der Waals surface area (Å²) in [6.07, 6.45) is 6.29. The lowest BCUT2D eigenvalue weighted by Crippen LogP contribution is -2.03. The molecule has 0 rings (SSSR count). The minimum Gasteiger partial charge on any atom is -0.309 e. The van der Waals surface area contributed by atoms with Crippen LogP contribution in [0, 0.1) is 12.3 Å². The molecular weight excluding hydrogens is 62.1 g/mol. The van der Waals surface area contributed by atoms with Gasteiger partial charge in [0.15, 0.2) is 0 Å². The van der Waals surface area contributed by atoms with Crippen LogP contribution in [0.15, 0.2) is 0 Å². The van der Waals surface area contributed by atoms with E-state index in [1.807, 2.05) is 0 Å². The normalized spacial score (nSPS) is 6.40. The molecular formula is C4H6N. The van der Waals surface area contributed by atoms with Gasteiger partial charge in [-0.2, -0.15) is 0 Å². The average Bonchev–Trinajstić information content (AvgIpc) is 1.41. The summed E-state index contributed by atoms with van der Waals surface area (Å²) < 4.78 is 0. The van der Waals surface area contributed by atoms with Crippen LogP contribution >= 0.6 is 0 Å². The number of rotatable bonds is 1. The molecule has 0 bridgehead atoms. The molecule has 1 heteroatoms. The second kappa shape index (κ2) is 3.52. The molecule has 0 atom stereocenters. The molecule has 1 nitrogen and oxygen atoms in total. The summed E-state index contributed by atoms with van der Waals surface area (Å²) in [5.41, 5.74) is 0. The van der Waals surface area contributed by atoms with Gasteiger partial charge >= 0.3 is 0 Å². The van der Waals surface area contributed by atoms with Crippen molar-refractivity contribution >= 4 is 0 Å². The van der Waals surface area contributed by atoms with E-state index in [9.17, 15) is 0 Å².